The number of nitrogens with zero attached hydrogens (tertiary/aromatic N) is 1. The van der Waals surface area contributed by atoms with E-state index in [1.807, 2.05) is 12.1 Å². The second-order valence-corrected chi connectivity index (χ2v) is 5.13. The molecular weight excluding hydrogens is 262 g/mol. The summed E-state index contributed by atoms with van der Waals surface area (Å²) in [4.78, 5) is 4.77. The molecule has 100 valence electrons. The number of ether oxygens (including phenoxy) is 2. The number of hydrogen-bond donors (Lipinski definition) is 0. The third-order valence-corrected chi connectivity index (χ3v) is 4.13. The van der Waals surface area contributed by atoms with Crippen LogP contribution in [0.25, 0.3) is 10.9 Å². The fraction of sp³-hybridized carbons (Fsp3) is 0.400. The average Bonchev–Trinajstić information content (AvgIpc) is 2.46. The van der Waals surface area contributed by atoms with Gasteiger partial charge in [-0.25, -0.2) is 4.98 Å². The molecule has 0 radical (unpaired) electrons. The Bertz CT molecular complexity index is 640. The second kappa shape index (κ2) is 4.89. The summed E-state index contributed by atoms with van der Waals surface area (Å²) in [6.07, 6.45) is 4.34. The minimum atomic E-state index is 0.742. The summed E-state index contributed by atoms with van der Waals surface area (Å²) >= 11 is 6.60. The Kier molecular flexibility index (Phi) is 3.23. The van der Waals surface area contributed by atoms with Crippen molar-refractivity contribution >= 4 is 22.5 Å². The molecule has 2 aromatic rings. The molecule has 0 aliphatic heterocycles. The molecule has 1 aromatic carbocycles. The standard InChI is InChI=1S/C15H16ClNO2/c1-18-11-7-8-12(19-2)15-13(11)14(16)9-5-3-4-6-10(9)17-15/h7-8H,3-6H2,1-2H3. The number of aryl methyl sites for hydroxylation is 1. The van der Waals surface area contributed by atoms with Crippen molar-refractivity contribution in [3.63, 3.8) is 0 Å². The van der Waals surface area contributed by atoms with Crippen LogP contribution in [0.3, 0.4) is 0 Å². The van der Waals surface area contributed by atoms with Gasteiger partial charge in [-0.2, -0.15) is 0 Å². The van der Waals surface area contributed by atoms with Crippen LogP contribution in [0.2, 0.25) is 5.02 Å². The van der Waals surface area contributed by atoms with Crippen LogP contribution < -0.4 is 9.47 Å². The molecule has 4 heteroatoms. The maximum absolute atomic E-state index is 6.60. The first-order valence-electron chi connectivity index (χ1n) is 6.48. The number of pyridine rings is 1. The molecule has 1 heterocycles. The summed E-state index contributed by atoms with van der Waals surface area (Å²) in [5.74, 6) is 1.49. The average molecular weight is 278 g/mol. The Morgan fingerprint density at radius 3 is 2.47 bits per heavy atom. The predicted octanol–water partition coefficient (Wildman–Crippen LogP) is 3.78. The maximum Gasteiger partial charge on any atom is 0.145 e. The van der Waals surface area contributed by atoms with Crippen LogP contribution in [-0.4, -0.2) is 19.2 Å². The van der Waals surface area contributed by atoms with Crippen LogP contribution >= 0.6 is 11.6 Å². The fourth-order valence-electron chi connectivity index (χ4n) is 2.75. The minimum Gasteiger partial charge on any atom is -0.496 e. The molecule has 1 aliphatic rings. The summed E-state index contributed by atoms with van der Waals surface area (Å²) in [7, 11) is 3.30. The van der Waals surface area contributed by atoms with Crippen molar-refractivity contribution < 1.29 is 9.47 Å². The Morgan fingerprint density at radius 1 is 1.05 bits per heavy atom. The van der Waals surface area contributed by atoms with Crippen molar-refractivity contribution in [2.75, 3.05) is 14.2 Å². The lowest BCUT2D eigenvalue weighted by molar-refractivity contribution is 0.409. The fourth-order valence-corrected chi connectivity index (χ4v) is 3.13. The maximum atomic E-state index is 6.60. The van der Waals surface area contributed by atoms with E-state index in [0.29, 0.717) is 0 Å². The first-order chi connectivity index (χ1) is 9.26. The van der Waals surface area contributed by atoms with Gasteiger partial charge < -0.3 is 9.47 Å². The van der Waals surface area contributed by atoms with E-state index in [1.165, 1.54) is 18.4 Å². The summed E-state index contributed by atoms with van der Waals surface area (Å²) in [5, 5.41) is 1.64. The summed E-state index contributed by atoms with van der Waals surface area (Å²) in [6.45, 7) is 0. The van der Waals surface area contributed by atoms with Gasteiger partial charge in [-0.15, -0.1) is 0 Å². The summed E-state index contributed by atoms with van der Waals surface area (Å²) in [5.41, 5.74) is 3.08. The van der Waals surface area contributed by atoms with E-state index in [-0.39, 0.29) is 0 Å². The Balaban J connectivity index is 2.39. The van der Waals surface area contributed by atoms with Gasteiger partial charge >= 0.3 is 0 Å². The van der Waals surface area contributed by atoms with Crippen molar-refractivity contribution in [2.45, 2.75) is 25.7 Å². The molecule has 0 unspecified atom stereocenters. The van der Waals surface area contributed by atoms with E-state index >= 15 is 0 Å². The van der Waals surface area contributed by atoms with Crippen molar-refractivity contribution in [3.8, 4) is 11.5 Å². The number of fused-ring (bicyclic) bond motifs is 2. The molecule has 19 heavy (non-hydrogen) atoms. The minimum absolute atomic E-state index is 0.742. The van der Waals surface area contributed by atoms with E-state index in [2.05, 4.69) is 0 Å². The molecule has 0 atom stereocenters. The molecule has 0 N–H and O–H groups in total. The Labute approximate surface area is 117 Å². The van der Waals surface area contributed by atoms with Gasteiger partial charge in [0.1, 0.15) is 17.0 Å². The smallest absolute Gasteiger partial charge is 0.145 e. The van der Waals surface area contributed by atoms with Gasteiger partial charge in [-0.1, -0.05) is 11.6 Å². The van der Waals surface area contributed by atoms with Gasteiger partial charge in [0.05, 0.1) is 24.6 Å². The first kappa shape index (κ1) is 12.5. The molecule has 3 nitrogen and oxygen atoms in total. The third kappa shape index (κ3) is 1.93. The van der Waals surface area contributed by atoms with Crippen LogP contribution in [-0.2, 0) is 12.8 Å². The lowest BCUT2D eigenvalue weighted by Gasteiger charge is -2.19. The number of methoxy groups -OCH3 is 2. The lowest BCUT2D eigenvalue weighted by Crippen LogP contribution is -2.07. The SMILES string of the molecule is COc1ccc(OC)c2c(Cl)c3c(nc12)CCCC3. The highest BCUT2D eigenvalue weighted by Gasteiger charge is 2.21. The van der Waals surface area contributed by atoms with E-state index in [9.17, 15) is 0 Å². The monoisotopic (exact) mass is 277 g/mol. The lowest BCUT2D eigenvalue weighted by atomic mass is 9.94. The van der Waals surface area contributed by atoms with Crippen LogP contribution in [0, 0.1) is 0 Å². The zero-order valence-corrected chi connectivity index (χ0v) is 11.9. The molecule has 0 amide bonds. The Hall–Kier alpha value is -1.48. The van der Waals surface area contributed by atoms with E-state index in [0.717, 1.165) is 46.0 Å². The molecule has 0 fully saturated rings. The van der Waals surface area contributed by atoms with Crippen LogP contribution in [0.4, 0.5) is 0 Å². The van der Waals surface area contributed by atoms with E-state index < -0.39 is 0 Å². The van der Waals surface area contributed by atoms with Gasteiger partial charge in [-0.3, -0.25) is 0 Å². The van der Waals surface area contributed by atoms with Gasteiger partial charge in [0.2, 0.25) is 0 Å². The second-order valence-electron chi connectivity index (χ2n) is 4.75. The van der Waals surface area contributed by atoms with Crippen molar-refractivity contribution in [2.24, 2.45) is 0 Å². The zero-order valence-electron chi connectivity index (χ0n) is 11.1. The third-order valence-electron chi connectivity index (χ3n) is 3.71. The molecule has 0 saturated carbocycles. The molecule has 1 aromatic heterocycles. The molecule has 0 saturated heterocycles. The van der Waals surface area contributed by atoms with Crippen molar-refractivity contribution in [1.29, 1.82) is 0 Å². The normalized spacial score (nSPS) is 14.3. The van der Waals surface area contributed by atoms with Crippen LogP contribution in [0.1, 0.15) is 24.1 Å². The van der Waals surface area contributed by atoms with Crippen molar-refractivity contribution in [1.82, 2.24) is 4.98 Å². The Morgan fingerprint density at radius 2 is 1.74 bits per heavy atom. The molecule has 1 aliphatic carbocycles. The topological polar surface area (TPSA) is 31.4 Å². The first-order valence-corrected chi connectivity index (χ1v) is 6.86. The predicted molar refractivity (Wildman–Crippen MR) is 76.5 cm³/mol. The number of aromatic nitrogens is 1. The van der Waals surface area contributed by atoms with Crippen molar-refractivity contribution in [3.05, 3.63) is 28.4 Å². The molecular formula is C15H16ClNO2. The quantitative estimate of drug-likeness (QED) is 0.837. The summed E-state index contributed by atoms with van der Waals surface area (Å²) in [6, 6.07) is 3.75. The van der Waals surface area contributed by atoms with Gasteiger partial charge in [0.25, 0.3) is 0 Å². The zero-order chi connectivity index (χ0) is 13.4. The van der Waals surface area contributed by atoms with Gasteiger partial charge in [0.15, 0.2) is 0 Å². The van der Waals surface area contributed by atoms with Crippen LogP contribution in [0.15, 0.2) is 12.1 Å². The van der Waals surface area contributed by atoms with Gasteiger partial charge in [0, 0.05) is 5.69 Å². The number of rotatable bonds is 2. The molecule has 0 bridgehead atoms. The number of halogens is 1. The highest BCUT2D eigenvalue weighted by Crippen LogP contribution is 2.40. The number of benzene rings is 1. The largest absolute Gasteiger partial charge is 0.496 e. The van der Waals surface area contributed by atoms with E-state index in [1.54, 1.807) is 14.2 Å². The molecule has 3 rings (SSSR count). The molecule has 0 spiro atoms. The van der Waals surface area contributed by atoms with Gasteiger partial charge in [-0.05, 0) is 43.4 Å². The summed E-state index contributed by atoms with van der Waals surface area (Å²) < 4.78 is 10.8. The van der Waals surface area contributed by atoms with E-state index in [4.69, 9.17) is 26.1 Å². The number of hydrogen-bond acceptors (Lipinski definition) is 3. The van der Waals surface area contributed by atoms with Crippen LogP contribution in [0.5, 0.6) is 11.5 Å². The highest BCUT2D eigenvalue weighted by molar-refractivity contribution is 6.37. The highest BCUT2D eigenvalue weighted by atomic mass is 35.5.